The van der Waals surface area contributed by atoms with Crippen molar-refractivity contribution in [2.45, 2.75) is 45.2 Å². The lowest BCUT2D eigenvalue weighted by atomic mass is 10.2. The Labute approximate surface area is 105 Å². The van der Waals surface area contributed by atoms with Crippen LogP contribution in [0, 0.1) is 0 Å². The molecule has 1 heterocycles. The van der Waals surface area contributed by atoms with E-state index in [-0.39, 0.29) is 0 Å². The fourth-order valence-corrected chi connectivity index (χ4v) is 2.64. The van der Waals surface area contributed by atoms with E-state index in [0.717, 1.165) is 37.4 Å². The fourth-order valence-electron chi connectivity index (χ4n) is 2.64. The van der Waals surface area contributed by atoms with Gasteiger partial charge in [-0.05, 0) is 45.2 Å². The molecule has 0 saturated carbocycles. The predicted octanol–water partition coefficient (Wildman–Crippen LogP) is 3.33. The van der Waals surface area contributed by atoms with Crippen molar-refractivity contribution < 1.29 is 4.74 Å². The van der Waals surface area contributed by atoms with Gasteiger partial charge in [0.1, 0.15) is 5.75 Å². The molecule has 0 amide bonds. The Kier molecular flexibility index (Phi) is 4.43. The van der Waals surface area contributed by atoms with Crippen molar-refractivity contribution in [2.24, 2.45) is 0 Å². The summed E-state index contributed by atoms with van der Waals surface area (Å²) in [6.07, 6.45) is 3.81. The van der Waals surface area contributed by atoms with Gasteiger partial charge in [-0.25, -0.2) is 0 Å². The molecule has 1 aromatic rings. The topological polar surface area (TPSA) is 12.5 Å². The third kappa shape index (κ3) is 3.47. The standard InChI is InChI=1S/C15H23NO/c1-13-9-10-14(2)16(13)11-6-12-17-15-7-4-3-5-8-15/h3-5,7-8,13-14H,6,9-12H2,1-2H3/t13-,14-/m1/s1. The van der Waals surface area contributed by atoms with Crippen LogP contribution in [0.25, 0.3) is 0 Å². The highest BCUT2D eigenvalue weighted by molar-refractivity contribution is 5.20. The van der Waals surface area contributed by atoms with Crippen LogP contribution in [0.15, 0.2) is 30.3 Å². The second-order valence-electron chi connectivity index (χ2n) is 5.03. The van der Waals surface area contributed by atoms with Gasteiger partial charge in [0.05, 0.1) is 6.61 Å². The van der Waals surface area contributed by atoms with Crippen molar-refractivity contribution in [2.75, 3.05) is 13.2 Å². The summed E-state index contributed by atoms with van der Waals surface area (Å²) in [6, 6.07) is 11.6. The Morgan fingerprint density at radius 3 is 2.41 bits per heavy atom. The van der Waals surface area contributed by atoms with Gasteiger partial charge in [-0.2, -0.15) is 0 Å². The van der Waals surface area contributed by atoms with E-state index in [4.69, 9.17) is 4.74 Å². The van der Waals surface area contributed by atoms with Crippen LogP contribution in [0.4, 0.5) is 0 Å². The normalized spacial score (nSPS) is 25.1. The summed E-state index contributed by atoms with van der Waals surface area (Å²) >= 11 is 0. The van der Waals surface area contributed by atoms with Gasteiger partial charge in [-0.1, -0.05) is 18.2 Å². The van der Waals surface area contributed by atoms with Crippen LogP contribution in [0.5, 0.6) is 5.75 Å². The lowest BCUT2D eigenvalue weighted by Crippen LogP contribution is -2.34. The Balaban J connectivity index is 1.66. The number of hydrogen-bond acceptors (Lipinski definition) is 2. The summed E-state index contributed by atoms with van der Waals surface area (Å²) in [5.74, 6) is 0.981. The number of ether oxygens (including phenoxy) is 1. The first kappa shape index (κ1) is 12.4. The van der Waals surface area contributed by atoms with Crippen LogP contribution in [-0.2, 0) is 0 Å². The van der Waals surface area contributed by atoms with Crippen LogP contribution in [0.1, 0.15) is 33.1 Å². The third-order valence-corrected chi connectivity index (χ3v) is 3.71. The van der Waals surface area contributed by atoms with Gasteiger partial charge in [0.25, 0.3) is 0 Å². The highest BCUT2D eigenvalue weighted by atomic mass is 16.5. The molecule has 2 rings (SSSR count). The van der Waals surface area contributed by atoms with Crippen molar-refractivity contribution in [3.8, 4) is 5.75 Å². The first-order valence-electron chi connectivity index (χ1n) is 6.71. The van der Waals surface area contributed by atoms with E-state index in [1.54, 1.807) is 0 Å². The summed E-state index contributed by atoms with van der Waals surface area (Å²) < 4.78 is 5.71. The number of para-hydroxylation sites is 1. The smallest absolute Gasteiger partial charge is 0.119 e. The molecule has 0 unspecified atom stereocenters. The molecule has 1 fully saturated rings. The minimum absolute atomic E-state index is 0.752. The molecule has 2 nitrogen and oxygen atoms in total. The van der Waals surface area contributed by atoms with E-state index in [1.807, 2.05) is 30.3 Å². The van der Waals surface area contributed by atoms with E-state index >= 15 is 0 Å². The second kappa shape index (κ2) is 6.06. The molecule has 1 saturated heterocycles. The zero-order valence-corrected chi connectivity index (χ0v) is 10.9. The molecule has 94 valence electrons. The van der Waals surface area contributed by atoms with Crippen molar-refractivity contribution in [3.05, 3.63) is 30.3 Å². The summed E-state index contributed by atoms with van der Waals surface area (Å²) in [4.78, 5) is 2.61. The van der Waals surface area contributed by atoms with Crippen LogP contribution >= 0.6 is 0 Å². The summed E-state index contributed by atoms with van der Waals surface area (Å²) in [5, 5.41) is 0. The minimum Gasteiger partial charge on any atom is -0.494 e. The molecular formula is C15H23NO. The highest BCUT2D eigenvalue weighted by Gasteiger charge is 2.26. The number of nitrogens with zero attached hydrogens (tertiary/aromatic N) is 1. The molecule has 1 aromatic carbocycles. The van der Waals surface area contributed by atoms with E-state index in [9.17, 15) is 0 Å². The van der Waals surface area contributed by atoms with E-state index in [0.29, 0.717) is 0 Å². The average Bonchev–Trinajstić information content (AvgIpc) is 2.67. The van der Waals surface area contributed by atoms with Crippen molar-refractivity contribution >= 4 is 0 Å². The minimum atomic E-state index is 0.752. The first-order valence-corrected chi connectivity index (χ1v) is 6.71. The van der Waals surface area contributed by atoms with Crippen LogP contribution < -0.4 is 4.74 Å². The molecule has 17 heavy (non-hydrogen) atoms. The van der Waals surface area contributed by atoms with Crippen molar-refractivity contribution in [3.63, 3.8) is 0 Å². The lowest BCUT2D eigenvalue weighted by Gasteiger charge is -2.25. The molecular weight excluding hydrogens is 210 g/mol. The predicted molar refractivity (Wildman–Crippen MR) is 71.4 cm³/mol. The lowest BCUT2D eigenvalue weighted by molar-refractivity contribution is 0.191. The maximum absolute atomic E-state index is 5.71. The van der Waals surface area contributed by atoms with Crippen molar-refractivity contribution in [1.29, 1.82) is 0 Å². The third-order valence-electron chi connectivity index (χ3n) is 3.71. The second-order valence-corrected chi connectivity index (χ2v) is 5.03. The summed E-state index contributed by atoms with van der Waals surface area (Å²) in [6.45, 7) is 6.65. The molecule has 0 aliphatic carbocycles. The Hall–Kier alpha value is -1.02. The Bertz CT molecular complexity index is 315. The number of benzene rings is 1. The molecule has 0 aromatic heterocycles. The largest absolute Gasteiger partial charge is 0.494 e. The van der Waals surface area contributed by atoms with Crippen molar-refractivity contribution in [1.82, 2.24) is 4.90 Å². The number of rotatable bonds is 5. The quantitative estimate of drug-likeness (QED) is 0.723. The van der Waals surface area contributed by atoms with Gasteiger partial charge < -0.3 is 4.74 Å². The number of hydrogen-bond donors (Lipinski definition) is 0. The van der Waals surface area contributed by atoms with Gasteiger partial charge >= 0.3 is 0 Å². The van der Waals surface area contributed by atoms with Gasteiger partial charge in [-0.3, -0.25) is 4.90 Å². The molecule has 2 heteroatoms. The molecule has 2 atom stereocenters. The highest BCUT2D eigenvalue weighted by Crippen LogP contribution is 2.23. The Morgan fingerprint density at radius 2 is 1.76 bits per heavy atom. The van der Waals surface area contributed by atoms with E-state index in [1.165, 1.54) is 12.8 Å². The van der Waals surface area contributed by atoms with Crippen LogP contribution in [0.2, 0.25) is 0 Å². The zero-order valence-electron chi connectivity index (χ0n) is 10.9. The van der Waals surface area contributed by atoms with Gasteiger partial charge in [0, 0.05) is 18.6 Å². The zero-order chi connectivity index (χ0) is 12.1. The maximum Gasteiger partial charge on any atom is 0.119 e. The summed E-state index contributed by atoms with van der Waals surface area (Å²) in [7, 11) is 0. The monoisotopic (exact) mass is 233 g/mol. The maximum atomic E-state index is 5.71. The SMILES string of the molecule is C[C@@H]1CC[C@@H](C)N1CCCOc1ccccc1. The van der Waals surface area contributed by atoms with Gasteiger partial charge in [-0.15, -0.1) is 0 Å². The van der Waals surface area contributed by atoms with Gasteiger partial charge in [0.2, 0.25) is 0 Å². The number of likely N-dealkylation sites (tertiary alicyclic amines) is 1. The van der Waals surface area contributed by atoms with Crippen LogP contribution in [-0.4, -0.2) is 30.1 Å². The van der Waals surface area contributed by atoms with Crippen LogP contribution in [0.3, 0.4) is 0 Å². The molecule has 0 radical (unpaired) electrons. The molecule has 1 aliphatic rings. The van der Waals surface area contributed by atoms with E-state index < -0.39 is 0 Å². The average molecular weight is 233 g/mol. The molecule has 1 aliphatic heterocycles. The molecule has 0 bridgehead atoms. The molecule has 0 spiro atoms. The fraction of sp³-hybridized carbons (Fsp3) is 0.600. The van der Waals surface area contributed by atoms with E-state index in [2.05, 4.69) is 18.7 Å². The van der Waals surface area contributed by atoms with Gasteiger partial charge in [0.15, 0.2) is 0 Å². The Morgan fingerprint density at radius 1 is 1.12 bits per heavy atom. The first-order chi connectivity index (χ1) is 8.27. The summed E-state index contributed by atoms with van der Waals surface area (Å²) in [5.41, 5.74) is 0. The molecule has 0 N–H and O–H groups in total.